The molecule has 4 nitrogen and oxygen atoms in total. The Morgan fingerprint density at radius 2 is 1.00 bits per heavy atom. The first-order chi connectivity index (χ1) is 20.6. The number of carbonyl (C=O) groups excluding carboxylic acids is 1. The van der Waals surface area contributed by atoms with Crippen LogP contribution in [0.3, 0.4) is 0 Å². The summed E-state index contributed by atoms with van der Waals surface area (Å²) < 4.78 is 5.90. The van der Waals surface area contributed by atoms with Crippen molar-refractivity contribution in [2.45, 2.75) is 168 Å². The fraction of sp³-hybridized carbons (Fsp3) is 0.684. The molecule has 0 spiro atoms. The summed E-state index contributed by atoms with van der Waals surface area (Å²) >= 11 is 0. The van der Waals surface area contributed by atoms with E-state index in [0.717, 1.165) is 109 Å². The van der Waals surface area contributed by atoms with Gasteiger partial charge in [-0.1, -0.05) is 126 Å². The molecule has 0 aromatic rings. The van der Waals surface area contributed by atoms with Gasteiger partial charge in [-0.15, -0.1) is 0 Å². The first-order valence-electron chi connectivity index (χ1n) is 17.3. The highest BCUT2D eigenvalue weighted by molar-refractivity contribution is 5.69. The molecule has 0 heterocycles. The van der Waals surface area contributed by atoms with Gasteiger partial charge in [0.1, 0.15) is 6.10 Å². The van der Waals surface area contributed by atoms with Gasteiger partial charge < -0.3 is 9.84 Å². The maximum Gasteiger partial charge on any atom is 0.306 e. The summed E-state index contributed by atoms with van der Waals surface area (Å²) in [6.45, 7) is 4.38. The molecule has 0 aliphatic rings. The number of carboxylic acid groups (broad SMARTS) is 1. The van der Waals surface area contributed by atoms with Crippen molar-refractivity contribution in [3.63, 3.8) is 0 Å². The lowest BCUT2D eigenvalue weighted by atomic mass is 10.0. The highest BCUT2D eigenvalue weighted by atomic mass is 16.5. The molecule has 1 atom stereocenters. The molecule has 1 N–H and O–H groups in total. The molecular weight excluding hydrogens is 520 g/mol. The van der Waals surface area contributed by atoms with Gasteiger partial charge in [0, 0.05) is 12.8 Å². The Balaban J connectivity index is 3.96. The zero-order valence-electron chi connectivity index (χ0n) is 27.3. The lowest BCUT2D eigenvalue weighted by Crippen LogP contribution is -2.18. The van der Waals surface area contributed by atoms with E-state index in [-0.39, 0.29) is 18.5 Å². The van der Waals surface area contributed by atoms with Crippen LogP contribution >= 0.6 is 0 Å². The number of aliphatic carboxylic acids is 1. The Bertz CT molecular complexity index is 759. The van der Waals surface area contributed by atoms with E-state index >= 15 is 0 Å². The fourth-order valence-corrected chi connectivity index (χ4v) is 4.74. The summed E-state index contributed by atoms with van der Waals surface area (Å²) in [5.41, 5.74) is 0. The predicted molar refractivity (Wildman–Crippen MR) is 181 cm³/mol. The van der Waals surface area contributed by atoms with E-state index in [1.54, 1.807) is 0 Å². The third-order valence-electron chi connectivity index (χ3n) is 7.25. The van der Waals surface area contributed by atoms with Gasteiger partial charge in [0.15, 0.2) is 0 Å². The number of rotatable bonds is 30. The summed E-state index contributed by atoms with van der Waals surface area (Å²) in [5, 5.41) is 8.75. The topological polar surface area (TPSA) is 63.6 Å². The SMILES string of the molecule is CC/C=C\C/C=C\C/C=C\C/C=C\C/C=C\CCCCCC(=O)OC(CCCCCCC)CCCCCCCC(=O)O. The van der Waals surface area contributed by atoms with Crippen LogP contribution in [0.2, 0.25) is 0 Å². The van der Waals surface area contributed by atoms with Gasteiger partial charge in [0.2, 0.25) is 0 Å². The largest absolute Gasteiger partial charge is 0.481 e. The molecule has 0 aromatic carbocycles. The van der Waals surface area contributed by atoms with Gasteiger partial charge in [-0.05, 0) is 83.5 Å². The van der Waals surface area contributed by atoms with Crippen LogP contribution < -0.4 is 0 Å². The molecule has 42 heavy (non-hydrogen) atoms. The summed E-state index contributed by atoms with van der Waals surface area (Å²) in [7, 11) is 0. The molecule has 0 saturated heterocycles. The van der Waals surface area contributed by atoms with Gasteiger partial charge in [-0.3, -0.25) is 9.59 Å². The summed E-state index contributed by atoms with van der Waals surface area (Å²) in [6.07, 6.45) is 45.2. The number of allylic oxidation sites excluding steroid dienone is 10. The number of hydrogen-bond donors (Lipinski definition) is 1. The second kappa shape index (κ2) is 33.1. The second-order valence-electron chi connectivity index (χ2n) is 11.3. The van der Waals surface area contributed by atoms with Crippen LogP contribution in [0, 0.1) is 0 Å². The van der Waals surface area contributed by atoms with Crippen LogP contribution in [0.15, 0.2) is 60.8 Å². The van der Waals surface area contributed by atoms with E-state index in [1.807, 2.05) is 0 Å². The van der Waals surface area contributed by atoms with E-state index < -0.39 is 5.97 Å². The van der Waals surface area contributed by atoms with Crippen molar-refractivity contribution in [3.05, 3.63) is 60.8 Å². The number of unbranched alkanes of at least 4 members (excludes halogenated alkanes) is 11. The van der Waals surface area contributed by atoms with Crippen molar-refractivity contribution >= 4 is 11.9 Å². The maximum absolute atomic E-state index is 12.5. The van der Waals surface area contributed by atoms with E-state index in [9.17, 15) is 9.59 Å². The number of carboxylic acids is 1. The Hall–Kier alpha value is -2.36. The number of carbonyl (C=O) groups is 2. The van der Waals surface area contributed by atoms with E-state index in [4.69, 9.17) is 9.84 Å². The minimum Gasteiger partial charge on any atom is -0.481 e. The van der Waals surface area contributed by atoms with Crippen LogP contribution in [0.1, 0.15) is 162 Å². The molecule has 0 aliphatic carbocycles. The zero-order chi connectivity index (χ0) is 30.8. The van der Waals surface area contributed by atoms with Crippen molar-refractivity contribution < 1.29 is 19.4 Å². The van der Waals surface area contributed by atoms with Gasteiger partial charge in [0.25, 0.3) is 0 Å². The van der Waals surface area contributed by atoms with E-state index in [1.165, 1.54) is 25.7 Å². The van der Waals surface area contributed by atoms with Crippen LogP contribution in [0.4, 0.5) is 0 Å². The van der Waals surface area contributed by atoms with Gasteiger partial charge in [0.05, 0.1) is 0 Å². The van der Waals surface area contributed by atoms with Crippen molar-refractivity contribution in [2.75, 3.05) is 0 Å². The first-order valence-corrected chi connectivity index (χ1v) is 17.3. The van der Waals surface area contributed by atoms with Crippen molar-refractivity contribution in [1.82, 2.24) is 0 Å². The van der Waals surface area contributed by atoms with Crippen molar-refractivity contribution in [3.8, 4) is 0 Å². The van der Waals surface area contributed by atoms with Gasteiger partial charge in [-0.25, -0.2) is 0 Å². The monoisotopic (exact) mass is 584 g/mol. The number of esters is 1. The molecule has 0 rings (SSSR count). The molecular formula is C38H64O4. The zero-order valence-corrected chi connectivity index (χ0v) is 27.3. The molecule has 0 radical (unpaired) electrons. The highest BCUT2D eigenvalue weighted by Crippen LogP contribution is 2.18. The summed E-state index contributed by atoms with van der Waals surface area (Å²) in [5.74, 6) is -0.746. The first kappa shape index (κ1) is 39.6. The smallest absolute Gasteiger partial charge is 0.306 e. The van der Waals surface area contributed by atoms with Crippen LogP contribution in [0.25, 0.3) is 0 Å². The van der Waals surface area contributed by atoms with Crippen LogP contribution in [-0.2, 0) is 14.3 Å². The van der Waals surface area contributed by atoms with Crippen molar-refractivity contribution in [1.29, 1.82) is 0 Å². The normalized spacial score (nSPS) is 13.0. The standard InChI is InChI=1S/C38H64O4/c1-3-5-7-9-10-11-12-13-14-15-16-17-18-19-20-21-22-27-31-35-38(41)42-36(32-28-24-8-6-4-2)33-29-25-23-26-30-34-37(39)40/h5,7,10-11,13-14,16-17,19-20,36H,3-4,6,8-9,12,15,18,21-35H2,1-2H3,(H,39,40)/b7-5-,11-10-,14-13-,17-16-,20-19-. The third kappa shape index (κ3) is 32.2. The predicted octanol–water partition coefficient (Wildman–Crippen LogP) is 11.8. The number of hydrogen-bond acceptors (Lipinski definition) is 3. The van der Waals surface area contributed by atoms with Gasteiger partial charge in [-0.2, -0.15) is 0 Å². The maximum atomic E-state index is 12.5. The van der Waals surface area contributed by atoms with E-state index in [2.05, 4.69) is 74.6 Å². The quantitative estimate of drug-likeness (QED) is 0.0518. The minimum atomic E-state index is -0.709. The molecule has 0 amide bonds. The van der Waals surface area contributed by atoms with Crippen LogP contribution in [-0.4, -0.2) is 23.1 Å². The molecule has 0 aromatic heterocycles. The molecule has 1 unspecified atom stereocenters. The Labute approximate surface area is 259 Å². The Kier molecular flexibility index (Phi) is 31.3. The highest BCUT2D eigenvalue weighted by Gasteiger charge is 2.14. The summed E-state index contributed by atoms with van der Waals surface area (Å²) in [4.78, 5) is 23.1. The third-order valence-corrected chi connectivity index (χ3v) is 7.25. The molecule has 240 valence electrons. The van der Waals surface area contributed by atoms with E-state index in [0.29, 0.717) is 6.42 Å². The fourth-order valence-electron chi connectivity index (χ4n) is 4.74. The average Bonchev–Trinajstić information content (AvgIpc) is 2.97. The number of ether oxygens (including phenoxy) is 1. The molecule has 0 fully saturated rings. The summed E-state index contributed by atoms with van der Waals surface area (Å²) in [6, 6.07) is 0. The van der Waals surface area contributed by atoms with Gasteiger partial charge >= 0.3 is 11.9 Å². The minimum absolute atomic E-state index is 0.0371. The van der Waals surface area contributed by atoms with Crippen LogP contribution in [0.5, 0.6) is 0 Å². The lowest BCUT2D eigenvalue weighted by Gasteiger charge is -2.18. The molecule has 0 bridgehead atoms. The second-order valence-corrected chi connectivity index (χ2v) is 11.3. The lowest BCUT2D eigenvalue weighted by molar-refractivity contribution is -0.150. The Morgan fingerprint density at radius 1 is 0.548 bits per heavy atom. The average molecular weight is 585 g/mol. The Morgan fingerprint density at radius 3 is 1.55 bits per heavy atom. The molecule has 0 aliphatic heterocycles. The van der Waals surface area contributed by atoms with Crippen molar-refractivity contribution in [2.24, 2.45) is 0 Å². The molecule has 4 heteroatoms. The molecule has 0 saturated carbocycles.